The number of halogens is 4. The molecule has 0 spiro atoms. The quantitative estimate of drug-likeness (QED) is 0.650. The Morgan fingerprint density at radius 3 is 2.64 bits per heavy atom. The highest BCUT2D eigenvalue weighted by Crippen LogP contribution is 2.17. The molecular formula is C5H3ClF3N2. The summed E-state index contributed by atoms with van der Waals surface area (Å²) >= 11 is 5.28. The summed E-state index contributed by atoms with van der Waals surface area (Å²) in [4.78, 5) is 0. The molecule has 0 saturated heterocycles. The molecule has 0 aromatic carbocycles. The largest absolute Gasteiger partial charge is 0.408 e. The van der Waals surface area contributed by atoms with Crippen LogP contribution in [-0.2, 0) is 6.54 Å². The van der Waals surface area contributed by atoms with E-state index in [-0.39, 0.29) is 5.02 Å². The van der Waals surface area contributed by atoms with Crippen LogP contribution in [0.5, 0.6) is 0 Å². The second kappa shape index (κ2) is 2.73. The molecule has 11 heavy (non-hydrogen) atoms. The molecule has 0 N–H and O–H groups in total. The summed E-state index contributed by atoms with van der Waals surface area (Å²) in [5.41, 5.74) is 0. The smallest absolute Gasteiger partial charge is 0.261 e. The van der Waals surface area contributed by atoms with Crippen LogP contribution in [0.4, 0.5) is 13.2 Å². The van der Waals surface area contributed by atoms with E-state index in [1.54, 1.807) is 0 Å². The standard InChI is InChI=1S/C5H3ClF3N2/c6-4-1-10-11(2-4)3-5(7,8)9/h2H,3H2. The van der Waals surface area contributed by atoms with E-state index in [2.05, 4.69) is 11.3 Å². The molecule has 2 nitrogen and oxygen atoms in total. The summed E-state index contributed by atoms with van der Waals surface area (Å²) in [5.74, 6) is 0. The number of hydrogen-bond donors (Lipinski definition) is 0. The number of hydrogen-bond acceptors (Lipinski definition) is 1. The van der Waals surface area contributed by atoms with Gasteiger partial charge in [-0.15, -0.1) is 0 Å². The molecule has 1 rings (SSSR count). The van der Waals surface area contributed by atoms with Gasteiger partial charge in [0.05, 0.1) is 5.02 Å². The second-order valence-electron chi connectivity index (χ2n) is 1.90. The molecule has 0 aliphatic rings. The van der Waals surface area contributed by atoms with Crippen LogP contribution in [-0.4, -0.2) is 16.0 Å². The summed E-state index contributed by atoms with van der Waals surface area (Å²) < 4.78 is 35.6. The molecular weight excluding hydrogens is 181 g/mol. The Kier molecular flexibility index (Phi) is 2.08. The van der Waals surface area contributed by atoms with Gasteiger partial charge in [0.25, 0.3) is 0 Å². The maximum atomic E-state index is 11.6. The molecule has 0 atom stereocenters. The summed E-state index contributed by atoms with van der Waals surface area (Å²) in [6, 6.07) is 0. The van der Waals surface area contributed by atoms with E-state index >= 15 is 0 Å². The van der Waals surface area contributed by atoms with Crippen LogP contribution in [0.3, 0.4) is 0 Å². The average Bonchev–Trinajstić information content (AvgIpc) is 2.10. The molecule has 6 heteroatoms. The topological polar surface area (TPSA) is 17.8 Å². The second-order valence-corrected chi connectivity index (χ2v) is 2.31. The highest BCUT2D eigenvalue weighted by molar-refractivity contribution is 6.30. The predicted molar refractivity (Wildman–Crippen MR) is 32.1 cm³/mol. The van der Waals surface area contributed by atoms with E-state index in [4.69, 9.17) is 11.6 Å². The van der Waals surface area contributed by atoms with Crippen molar-refractivity contribution in [2.24, 2.45) is 0 Å². The van der Waals surface area contributed by atoms with Crippen molar-refractivity contribution >= 4 is 11.6 Å². The minimum atomic E-state index is -4.26. The van der Waals surface area contributed by atoms with Crippen molar-refractivity contribution in [2.45, 2.75) is 12.7 Å². The van der Waals surface area contributed by atoms with Gasteiger partial charge in [0, 0.05) is 6.20 Å². The van der Waals surface area contributed by atoms with Crippen LogP contribution in [0.2, 0.25) is 5.02 Å². The first-order valence-corrected chi connectivity index (χ1v) is 3.02. The van der Waals surface area contributed by atoms with Gasteiger partial charge in [-0.1, -0.05) is 11.6 Å². The third kappa shape index (κ3) is 2.80. The third-order valence-electron chi connectivity index (χ3n) is 0.889. The Bertz CT molecular complexity index is 242. The molecule has 0 aliphatic carbocycles. The van der Waals surface area contributed by atoms with Crippen molar-refractivity contribution in [3.05, 3.63) is 17.4 Å². The molecule has 0 bridgehead atoms. The highest BCUT2D eigenvalue weighted by atomic mass is 35.5. The van der Waals surface area contributed by atoms with Crippen LogP contribution >= 0.6 is 11.6 Å². The first-order chi connectivity index (χ1) is 4.97. The minimum Gasteiger partial charge on any atom is -0.261 e. The van der Waals surface area contributed by atoms with Crippen molar-refractivity contribution in [2.75, 3.05) is 0 Å². The third-order valence-corrected chi connectivity index (χ3v) is 1.07. The Morgan fingerprint density at radius 1 is 1.64 bits per heavy atom. The summed E-state index contributed by atoms with van der Waals surface area (Å²) in [6.45, 7) is -1.13. The van der Waals surface area contributed by atoms with Crippen LogP contribution in [0, 0.1) is 6.20 Å². The number of nitrogens with zero attached hydrogens (tertiary/aromatic N) is 2. The Labute approximate surface area is 65.6 Å². The molecule has 0 saturated carbocycles. The zero-order chi connectivity index (χ0) is 8.48. The number of rotatable bonds is 1. The summed E-state index contributed by atoms with van der Waals surface area (Å²) in [5, 5.41) is 3.32. The van der Waals surface area contributed by atoms with Gasteiger partial charge in [0.1, 0.15) is 12.7 Å². The summed E-state index contributed by atoms with van der Waals surface area (Å²) in [6.07, 6.45) is -1.03. The fourth-order valence-corrected chi connectivity index (χ4v) is 0.716. The molecule has 1 aromatic heterocycles. The molecule has 0 aliphatic heterocycles. The lowest BCUT2D eigenvalue weighted by Crippen LogP contribution is -2.17. The van der Waals surface area contributed by atoms with E-state index in [9.17, 15) is 13.2 Å². The van der Waals surface area contributed by atoms with Crippen molar-refractivity contribution in [1.29, 1.82) is 0 Å². The van der Waals surface area contributed by atoms with Crippen LogP contribution in [0.1, 0.15) is 0 Å². The maximum absolute atomic E-state index is 11.6. The van der Waals surface area contributed by atoms with Crippen molar-refractivity contribution in [3.63, 3.8) is 0 Å². The Balaban J connectivity index is 2.65. The van der Waals surface area contributed by atoms with Gasteiger partial charge in [0.15, 0.2) is 0 Å². The molecule has 0 unspecified atom stereocenters. The van der Waals surface area contributed by atoms with Gasteiger partial charge < -0.3 is 0 Å². The number of alkyl halides is 3. The molecule has 1 radical (unpaired) electrons. The zero-order valence-electron chi connectivity index (χ0n) is 5.19. The van der Waals surface area contributed by atoms with Crippen LogP contribution < -0.4 is 0 Å². The van der Waals surface area contributed by atoms with Crippen LogP contribution in [0.15, 0.2) is 6.20 Å². The van der Waals surface area contributed by atoms with E-state index in [0.29, 0.717) is 4.68 Å². The van der Waals surface area contributed by atoms with Gasteiger partial charge in [-0.25, -0.2) is 0 Å². The SMILES string of the molecule is FC(F)(F)Cn1cc(Cl)[c]n1. The highest BCUT2D eigenvalue weighted by Gasteiger charge is 2.28. The minimum absolute atomic E-state index is 0.0780. The molecule has 1 heterocycles. The Hall–Kier alpha value is -0.710. The fraction of sp³-hybridized carbons (Fsp3) is 0.400. The van der Waals surface area contributed by atoms with E-state index in [0.717, 1.165) is 6.20 Å². The fourth-order valence-electron chi connectivity index (χ4n) is 0.565. The van der Waals surface area contributed by atoms with Crippen molar-refractivity contribution < 1.29 is 13.2 Å². The lowest BCUT2D eigenvalue weighted by molar-refractivity contribution is -0.142. The zero-order valence-corrected chi connectivity index (χ0v) is 5.95. The van der Waals surface area contributed by atoms with E-state index < -0.39 is 12.7 Å². The molecule has 0 fully saturated rings. The average molecular weight is 184 g/mol. The van der Waals surface area contributed by atoms with Gasteiger partial charge in [-0.3, -0.25) is 4.68 Å². The van der Waals surface area contributed by atoms with E-state index in [1.165, 1.54) is 0 Å². The number of aromatic nitrogens is 2. The lowest BCUT2D eigenvalue weighted by Gasteiger charge is -2.04. The molecule has 0 amide bonds. The van der Waals surface area contributed by atoms with Gasteiger partial charge >= 0.3 is 6.18 Å². The maximum Gasteiger partial charge on any atom is 0.408 e. The van der Waals surface area contributed by atoms with Gasteiger partial charge in [-0.2, -0.15) is 18.3 Å². The molecule has 61 valence electrons. The monoisotopic (exact) mass is 183 g/mol. The normalized spacial score (nSPS) is 12.0. The van der Waals surface area contributed by atoms with Gasteiger partial charge in [-0.05, 0) is 0 Å². The first kappa shape index (κ1) is 8.39. The lowest BCUT2D eigenvalue weighted by atomic mass is 10.6. The van der Waals surface area contributed by atoms with Gasteiger partial charge in [0.2, 0.25) is 0 Å². The summed E-state index contributed by atoms with van der Waals surface area (Å²) in [7, 11) is 0. The first-order valence-electron chi connectivity index (χ1n) is 2.65. The molecule has 1 aromatic rings. The van der Waals surface area contributed by atoms with E-state index in [1.807, 2.05) is 0 Å². The Morgan fingerprint density at radius 2 is 2.27 bits per heavy atom. The van der Waals surface area contributed by atoms with Crippen LogP contribution in [0.25, 0.3) is 0 Å². The van der Waals surface area contributed by atoms with Crippen molar-refractivity contribution in [3.8, 4) is 0 Å². The predicted octanol–water partition coefficient (Wildman–Crippen LogP) is 1.90. The van der Waals surface area contributed by atoms with Crippen molar-refractivity contribution in [1.82, 2.24) is 9.78 Å².